The smallest absolute Gasteiger partial charge is 0.123 e. The Bertz CT molecular complexity index is 698. The monoisotopic (exact) mass is 369 g/mol. The van der Waals surface area contributed by atoms with E-state index in [1.165, 1.54) is 71.9 Å². The number of likely N-dealkylation sites (tertiary alicyclic amines) is 1. The zero-order chi connectivity index (χ0) is 17.9. The number of thiazole rings is 1. The van der Waals surface area contributed by atoms with Gasteiger partial charge in [-0.2, -0.15) is 0 Å². The molecular weight excluding hydrogens is 338 g/mol. The molecule has 4 rings (SSSR count). The summed E-state index contributed by atoms with van der Waals surface area (Å²) in [7, 11) is 2.05. The van der Waals surface area contributed by atoms with E-state index in [0.29, 0.717) is 6.04 Å². The number of hydrogen-bond donors (Lipinski definition) is 1. The standard InChI is InChI=1S/C22H31N3S/c1-16-6-5-13-25(16)12-4-3-7-17-8-10-18(11-9-17)22-24-20-14-19(23-2)15-21(20)26-22/h8-11,16,19,23H,3-7,12-15H2,1-2H3. The van der Waals surface area contributed by atoms with Gasteiger partial charge in [0.15, 0.2) is 0 Å². The van der Waals surface area contributed by atoms with E-state index in [4.69, 9.17) is 4.98 Å². The SMILES string of the molecule is CNC1Cc2nc(-c3ccc(CCCCN4CCCC4C)cc3)sc2C1. The first kappa shape index (κ1) is 18.1. The Hall–Kier alpha value is -1.23. The molecule has 2 heterocycles. The molecule has 1 aromatic heterocycles. The van der Waals surface area contributed by atoms with Crippen LogP contribution >= 0.6 is 11.3 Å². The fourth-order valence-electron chi connectivity index (χ4n) is 4.34. The highest BCUT2D eigenvalue weighted by Crippen LogP contribution is 2.33. The Morgan fingerprint density at radius 1 is 1.19 bits per heavy atom. The molecule has 1 aromatic carbocycles. The van der Waals surface area contributed by atoms with E-state index in [1.807, 2.05) is 18.4 Å². The van der Waals surface area contributed by atoms with E-state index in [-0.39, 0.29) is 0 Å². The van der Waals surface area contributed by atoms with E-state index in [0.717, 1.165) is 18.9 Å². The van der Waals surface area contributed by atoms with Crippen molar-refractivity contribution < 1.29 is 0 Å². The number of nitrogens with one attached hydrogen (secondary N) is 1. The van der Waals surface area contributed by atoms with Gasteiger partial charge in [-0.05, 0) is 71.1 Å². The molecule has 2 unspecified atom stereocenters. The van der Waals surface area contributed by atoms with Crippen LogP contribution in [0, 0.1) is 0 Å². The predicted octanol–water partition coefficient (Wildman–Crippen LogP) is 4.30. The van der Waals surface area contributed by atoms with Crippen molar-refractivity contribution in [3.63, 3.8) is 0 Å². The minimum atomic E-state index is 0.587. The maximum Gasteiger partial charge on any atom is 0.123 e. The number of fused-ring (bicyclic) bond motifs is 1. The molecule has 2 atom stereocenters. The summed E-state index contributed by atoms with van der Waals surface area (Å²) in [5, 5.41) is 4.57. The van der Waals surface area contributed by atoms with Crippen LogP contribution in [0.5, 0.6) is 0 Å². The van der Waals surface area contributed by atoms with Crippen molar-refractivity contribution in [2.75, 3.05) is 20.1 Å². The number of aryl methyl sites for hydroxylation is 1. The number of unbranched alkanes of at least 4 members (excludes halogenated alkanes) is 1. The van der Waals surface area contributed by atoms with Gasteiger partial charge in [0.25, 0.3) is 0 Å². The van der Waals surface area contributed by atoms with Crippen LogP contribution in [0.1, 0.15) is 48.7 Å². The number of rotatable bonds is 7. The van der Waals surface area contributed by atoms with E-state index >= 15 is 0 Å². The van der Waals surface area contributed by atoms with Crippen LogP contribution in [-0.2, 0) is 19.3 Å². The molecule has 1 fully saturated rings. The van der Waals surface area contributed by atoms with Gasteiger partial charge < -0.3 is 10.2 Å². The topological polar surface area (TPSA) is 28.2 Å². The van der Waals surface area contributed by atoms with Crippen LogP contribution in [0.25, 0.3) is 10.6 Å². The molecule has 1 N–H and O–H groups in total. The predicted molar refractivity (Wildman–Crippen MR) is 111 cm³/mol. The Kier molecular flexibility index (Phi) is 5.72. The van der Waals surface area contributed by atoms with Gasteiger partial charge in [-0.1, -0.05) is 24.3 Å². The number of hydrogen-bond acceptors (Lipinski definition) is 4. The summed E-state index contributed by atoms with van der Waals surface area (Å²) < 4.78 is 0. The molecule has 1 saturated heterocycles. The lowest BCUT2D eigenvalue weighted by Crippen LogP contribution is -2.27. The van der Waals surface area contributed by atoms with Crippen molar-refractivity contribution in [1.82, 2.24) is 15.2 Å². The van der Waals surface area contributed by atoms with Crippen molar-refractivity contribution in [3.8, 4) is 10.6 Å². The summed E-state index contributed by atoms with van der Waals surface area (Å²) >= 11 is 1.88. The molecule has 2 aromatic rings. The zero-order valence-electron chi connectivity index (χ0n) is 16.1. The van der Waals surface area contributed by atoms with Gasteiger partial charge in [-0.15, -0.1) is 11.3 Å². The van der Waals surface area contributed by atoms with Crippen molar-refractivity contribution >= 4 is 11.3 Å². The summed E-state index contributed by atoms with van der Waals surface area (Å²) in [6.45, 7) is 4.96. The molecule has 3 nitrogen and oxygen atoms in total. The first-order chi connectivity index (χ1) is 12.7. The van der Waals surface area contributed by atoms with Crippen LogP contribution < -0.4 is 5.32 Å². The second-order valence-corrected chi connectivity index (χ2v) is 9.05. The molecule has 4 heteroatoms. The molecule has 26 heavy (non-hydrogen) atoms. The maximum atomic E-state index is 4.89. The van der Waals surface area contributed by atoms with Crippen LogP contribution in [0.2, 0.25) is 0 Å². The second kappa shape index (κ2) is 8.20. The Morgan fingerprint density at radius 2 is 2.04 bits per heavy atom. The van der Waals surface area contributed by atoms with Crippen LogP contribution in [-0.4, -0.2) is 42.1 Å². The second-order valence-electron chi connectivity index (χ2n) is 7.96. The molecule has 0 bridgehead atoms. The highest BCUT2D eigenvalue weighted by molar-refractivity contribution is 7.15. The van der Waals surface area contributed by atoms with E-state index in [9.17, 15) is 0 Å². The Balaban J connectivity index is 1.27. The summed E-state index contributed by atoms with van der Waals surface area (Å²) in [6, 6.07) is 10.5. The molecule has 2 aliphatic rings. The van der Waals surface area contributed by atoms with Crippen LogP contribution in [0.4, 0.5) is 0 Å². The Labute approximate surface area is 161 Å². The fraction of sp³-hybridized carbons (Fsp3) is 0.591. The highest BCUT2D eigenvalue weighted by Gasteiger charge is 2.24. The van der Waals surface area contributed by atoms with Gasteiger partial charge in [0.05, 0.1) is 5.69 Å². The summed E-state index contributed by atoms with van der Waals surface area (Å²) in [5.74, 6) is 0. The summed E-state index contributed by atoms with van der Waals surface area (Å²) in [4.78, 5) is 9.02. The average Bonchev–Trinajstić information content (AvgIpc) is 3.34. The number of benzene rings is 1. The van der Waals surface area contributed by atoms with Gasteiger partial charge in [0.2, 0.25) is 0 Å². The van der Waals surface area contributed by atoms with E-state index in [2.05, 4.69) is 41.4 Å². The molecular formula is C22H31N3S. The summed E-state index contributed by atoms with van der Waals surface area (Å²) in [6.07, 6.45) is 8.79. The third-order valence-corrected chi connectivity index (χ3v) is 7.28. The fourth-order valence-corrected chi connectivity index (χ4v) is 5.52. The van der Waals surface area contributed by atoms with Crippen molar-refractivity contribution in [1.29, 1.82) is 0 Å². The summed E-state index contributed by atoms with van der Waals surface area (Å²) in [5.41, 5.74) is 4.05. The molecule has 1 aliphatic carbocycles. The maximum absolute atomic E-state index is 4.89. The molecule has 0 radical (unpaired) electrons. The van der Waals surface area contributed by atoms with Crippen LogP contribution in [0.15, 0.2) is 24.3 Å². The lowest BCUT2D eigenvalue weighted by atomic mass is 10.1. The quantitative estimate of drug-likeness (QED) is 0.738. The average molecular weight is 370 g/mol. The van der Waals surface area contributed by atoms with Gasteiger partial charge in [-0.3, -0.25) is 0 Å². The van der Waals surface area contributed by atoms with Gasteiger partial charge in [0, 0.05) is 28.9 Å². The first-order valence-corrected chi connectivity index (χ1v) is 11.0. The normalized spacial score (nSPS) is 22.8. The van der Waals surface area contributed by atoms with Crippen molar-refractivity contribution in [2.24, 2.45) is 0 Å². The first-order valence-electron chi connectivity index (χ1n) is 10.2. The third kappa shape index (κ3) is 4.03. The molecule has 140 valence electrons. The largest absolute Gasteiger partial charge is 0.316 e. The number of nitrogens with zero attached hydrogens (tertiary/aromatic N) is 2. The van der Waals surface area contributed by atoms with Gasteiger partial charge >= 0.3 is 0 Å². The molecule has 0 saturated carbocycles. The van der Waals surface area contributed by atoms with Gasteiger partial charge in [0.1, 0.15) is 5.01 Å². The van der Waals surface area contributed by atoms with Crippen molar-refractivity contribution in [3.05, 3.63) is 40.4 Å². The Morgan fingerprint density at radius 3 is 2.73 bits per heavy atom. The highest BCUT2D eigenvalue weighted by atomic mass is 32.1. The van der Waals surface area contributed by atoms with E-state index < -0.39 is 0 Å². The van der Waals surface area contributed by atoms with Crippen LogP contribution in [0.3, 0.4) is 0 Å². The van der Waals surface area contributed by atoms with E-state index in [1.54, 1.807) is 0 Å². The zero-order valence-corrected chi connectivity index (χ0v) is 16.9. The number of aromatic nitrogens is 1. The molecule has 1 aliphatic heterocycles. The minimum absolute atomic E-state index is 0.587. The molecule has 0 spiro atoms. The lowest BCUT2D eigenvalue weighted by molar-refractivity contribution is 0.263. The lowest BCUT2D eigenvalue weighted by Gasteiger charge is -2.20. The third-order valence-electron chi connectivity index (χ3n) is 6.11. The van der Waals surface area contributed by atoms with Gasteiger partial charge in [-0.25, -0.2) is 4.98 Å². The molecule has 0 amide bonds. The number of likely N-dealkylation sites (N-methyl/N-ethyl adjacent to an activating group) is 1. The minimum Gasteiger partial charge on any atom is -0.316 e. The van der Waals surface area contributed by atoms with Crippen molar-refractivity contribution in [2.45, 2.75) is 64.0 Å².